The summed E-state index contributed by atoms with van der Waals surface area (Å²) in [6.07, 6.45) is 1.26. The lowest BCUT2D eigenvalue weighted by molar-refractivity contribution is 0.112. The van der Waals surface area contributed by atoms with Crippen LogP contribution < -0.4 is 0 Å². The highest BCUT2D eigenvalue weighted by Crippen LogP contribution is 2.15. The third-order valence-corrected chi connectivity index (χ3v) is 2.99. The van der Waals surface area contributed by atoms with Crippen molar-refractivity contribution in [2.75, 3.05) is 0 Å². The number of hydrogen-bond acceptors (Lipinski definition) is 2. The van der Waals surface area contributed by atoms with Crippen LogP contribution >= 0.6 is 0 Å². The van der Waals surface area contributed by atoms with Gasteiger partial charge < -0.3 is 5.11 Å². The lowest BCUT2D eigenvalue weighted by Crippen LogP contribution is -1.93. The molecule has 0 aliphatic rings. The predicted octanol–water partition coefficient (Wildman–Crippen LogP) is 3.14. The van der Waals surface area contributed by atoms with Crippen molar-refractivity contribution in [3.05, 3.63) is 70.8 Å². The summed E-state index contributed by atoms with van der Waals surface area (Å²) >= 11 is 0. The maximum Gasteiger partial charge on any atom is 0.150 e. The third kappa shape index (κ3) is 3.05. The molecule has 1 unspecified atom stereocenters. The summed E-state index contributed by atoms with van der Waals surface area (Å²) in [7, 11) is 0. The van der Waals surface area contributed by atoms with Crippen LogP contribution in [0.3, 0.4) is 0 Å². The van der Waals surface area contributed by atoms with Gasteiger partial charge in [0.05, 0.1) is 6.10 Å². The van der Waals surface area contributed by atoms with Gasteiger partial charge in [0.1, 0.15) is 6.29 Å². The minimum Gasteiger partial charge on any atom is -0.389 e. The molecule has 2 heteroatoms. The minimum absolute atomic E-state index is 0.425. The van der Waals surface area contributed by atoms with Gasteiger partial charge in [-0.3, -0.25) is 4.79 Å². The summed E-state index contributed by atoms with van der Waals surface area (Å²) in [6, 6.07) is 15.5. The SMILES string of the molecule is CC(O)c1ccc(Cc2ccc(C=O)cc2)cc1. The van der Waals surface area contributed by atoms with E-state index in [2.05, 4.69) is 0 Å². The smallest absolute Gasteiger partial charge is 0.150 e. The summed E-state index contributed by atoms with van der Waals surface area (Å²) in [5.74, 6) is 0. The largest absolute Gasteiger partial charge is 0.389 e. The van der Waals surface area contributed by atoms with Crippen LogP contribution in [0.15, 0.2) is 48.5 Å². The number of hydrogen-bond donors (Lipinski definition) is 1. The summed E-state index contributed by atoms with van der Waals surface area (Å²) in [6.45, 7) is 1.76. The van der Waals surface area contributed by atoms with Crippen LogP contribution in [-0.4, -0.2) is 11.4 Å². The van der Waals surface area contributed by atoms with Gasteiger partial charge in [0.25, 0.3) is 0 Å². The lowest BCUT2D eigenvalue weighted by Gasteiger charge is -2.06. The quantitative estimate of drug-likeness (QED) is 0.833. The topological polar surface area (TPSA) is 37.3 Å². The zero-order chi connectivity index (χ0) is 13.0. The molecule has 1 atom stereocenters. The predicted molar refractivity (Wildman–Crippen MR) is 71.7 cm³/mol. The van der Waals surface area contributed by atoms with Crippen molar-refractivity contribution >= 4 is 6.29 Å². The molecule has 0 amide bonds. The van der Waals surface area contributed by atoms with Crippen molar-refractivity contribution < 1.29 is 9.90 Å². The van der Waals surface area contributed by atoms with E-state index in [0.29, 0.717) is 5.56 Å². The van der Waals surface area contributed by atoms with Gasteiger partial charge in [-0.05, 0) is 30.0 Å². The Hall–Kier alpha value is -1.93. The van der Waals surface area contributed by atoms with Gasteiger partial charge >= 0.3 is 0 Å². The van der Waals surface area contributed by atoms with Crippen molar-refractivity contribution in [3.63, 3.8) is 0 Å². The Morgan fingerprint density at radius 3 is 1.94 bits per heavy atom. The summed E-state index contributed by atoms with van der Waals surface area (Å²) in [5.41, 5.74) is 3.99. The van der Waals surface area contributed by atoms with Crippen LogP contribution in [0, 0.1) is 0 Å². The van der Waals surface area contributed by atoms with Crippen LogP contribution in [0.2, 0.25) is 0 Å². The zero-order valence-electron chi connectivity index (χ0n) is 10.3. The number of carbonyl (C=O) groups is 1. The van der Waals surface area contributed by atoms with Gasteiger partial charge in [-0.1, -0.05) is 48.5 Å². The highest BCUT2D eigenvalue weighted by atomic mass is 16.3. The van der Waals surface area contributed by atoms with Crippen LogP contribution in [0.25, 0.3) is 0 Å². The molecule has 1 N–H and O–H groups in total. The first-order valence-electron chi connectivity index (χ1n) is 6.00. The van der Waals surface area contributed by atoms with Crippen molar-refractivity contribution in [2.45, 2.75) is 19.4 Å². The van der Waals surface area contributed by atoms with Crippen LogP contribution in [0.5, 0.6) is 0 Å². The third-order valence-electron chi connectivity index (χ3n) is 2.99. The van der Waals surface area contributed by atoms with E-state index in [0.717, 1.165) is 18.3 Å². The first-order valence-corrected chi connectivity index (χ1v) is 6.00. The first-order chi connectivity index (χ1) is 8.69. The Bertz CT molecular complexity index is 510. The van der Waals surface area contributed by atoms with Gasteiger partial charge in [0, 0.05) is 5.56 Å². The average Bonchev–Trinajstić information content (AvgIpc) is 2.40. The molecule has 2 rings (SSSR count). The van der Waals surface area contributed by atoms with Gasteiger partial charge in [-0.25, -0.2) is 0 Å². The number of aldehydes is 1. The fraction of sp³-hybridized carbons (Fsp3) is 0.188. The molecule has 0 aliphatic heterocycles. The monoisotopic (exact) mass is 240 g/mol. The molecule has 18 heavy (non-hydrogen) atoms. The average molecular weight is 240 g/mol. The molecule has 2 aromatic carbocycles. The zero-order valence-corrected chi connectivity index (χ0v) is 10.3. The summed E-state index contributed by atoms with van der Waals surface area (Å²) in [5, 5.41) is 9.43. The minimum atomic E-state index is -0.425. The molecule has 0 aromatic heterocycles. The summed E-state index contributed by atoms with van der Waals surface area (Å²) < 4.78 is 0. The lowest BCUT2D eigenvalue weighted by atomic mass is 10.0. The van der Waals surface area contributed by atoms with Crippen molar-refractivity contribution in [1.29, 1.82) is 0 Å². The maximum absolute atomic E-state index is 10.6. The molecule has 0 heterocycles. The Morgan fingerprint density at radius 1 is 1.00 bits per heavy atom. The van der Waals surface area contributed by atoms with Crippen molar-refractivity contribution in [2.24, 2.45) is 0 Å². The highest BCUT2D eigenvalue weighted by molar-refractivity contribution is 5.74. The van der Waals surface area contributed by atoms with Crippen molar-refractivity contribution in [3.8, 4) is 0 Å². The molecule has 2 aromatic rings. The molecule has 0 saturated carbocycles. The second-order valence-corrected chi connectivity index (χ2v) is 4.45. The molecule has 0 bridgehead atoms. The molecule has 0 aliphatic carbocycles. The summed E-state index contributed by atoms with van der Waals surface area (Å²) in [4.78, 5) is 10.6. The van der Waals surface area contributed by atoms with Gasteiger partial charge in [0.2, 0.25) is 0 Å². The first kappa shape index (κ1) is 12.5. The molecule has 0 radical (unpaired) electrons. The molecular formula is C16H16O2. The Morgan fingerprint density at radius 2 is 1.50 bits per heavy atom. The molecular weight excluding hydrogens is 224 g/mol. The van der Waals surface area contributed by atoms with E-state index in [1.165, 1.54) is 11.1 Å². The molecule has 92 valence electrons. The van der Waals surface area contributed by atoms with E-state index in [1.54, 1.807) is 6.92 Å². The second-order valence-electron chi connectivity index (χ2n) is 4.45. The highest BCUT2D eigenvalue weighted by Gasteiger charge is 2.01. The molecule has 2 nitrogen and oxygen atoms in total. The second kappa shape index (κ2) is 5.61. The van der Waals surface area contributed by atoms with Gasteiger partial charge in [-0.15, -0.1) is 0 Å². The number of aliphatic hydroxyl groups excluding tert-OH is 1. The van der Waals surface area contributed by atoms with Crippen LogP contribution in [0.4, 0.5) is 0 Å². The number of rotatable bonds is 4. The maximum atomic E-state index is 10.6. The van der Waals surface area contributed by atoms with Crippen LogP contribution in [0.1, 0.15) is 40.1 Å². The van der Waals surface area contributed by atoms with E-state index in [-0.39, 0.29) is 0 Å². The van der Waals surface area contributed by atoms with Crippen molar-refractivity contribution in [1.82, 2.24) is 0 Å². The molecule has 0 fully saturated rings. The van der Waals surface area contributed by atoms with Gasteiger partial charge in [-0.2, -0.15) is 0 Å². The number of carbonyl (C=O) groups excluding carboxylic acids is 1. The number of aliphatic hydroxyl groups is 1. The fourth-order valence-corrected chi connectivity index (χ4v) is 1.86. The van der Waals surface area contributed by atoms with E-state index < -0.39 is 6.10 Å². The fourth-order valence-electron chi connectivity index (χ4n) is 1.86. The van der Waals surface area contributed by atoms with E-state index >= 15 is 0 Å². The van der Waals surface area contributed by atoms with Crippen LogP contribution in [-0.2, 0) is 6.42 Å². The molecule has 0 spiro atoms. The van der Waals surface area contributed by atoms with E-state index in [4.69, 9.17) is 0 Å². The Kier molecular flexibility index (Phi) is 3.90. The molecule has 0 saturated heterocycles. The van der Waals surface area contributed by atoms with E-state index in [1.807, 2.05) is 48.5 Å². The Labute approximate surface area is 107 Å². The standard InChI is InChI=1S/C16H16O2/c1-12(18)16-8-6-14(7-9-16)10-13-2-4-15(11-17)5-3-13/h2-9,11-12,18H,10H2,1H3. The normalized spacial score (nSPS) is 12.1. The van der Waals surface area contributed by atoms with E-state index in [9.17, 15) is 9.90 Å². The van der Waals surface area contributed by atoms with Gasteiger partial charge in [0.15, 0.2) is 0 Å². The number of benzene rings is 2. The Balaban J connectivity index is 2.10.